The number of allylic oxidation sites excluding steroid dienone is 5. The molecule has 2 rings (SSSR count). The van der Waals surface area contributed by atoms with Crippen LogP contribution in [-0.4, -0.2) is 142 Å². The molecule has 366 valence electrons. The van der Waals surface area contributed by atoms with Crippen molar-refractivity contribution in [3.63, 3.8) is 0 Å². The summed E-state index contributed by atoms with van der Waals surface area (Å²) >= 11 is 0. The third-order valence-electron chi connectivity index (χ3n) is 11.4. The predicted molar refractivity (Wildman–Crippen MR) is 238 cm³/mol. The first-order chi connectivity index (χ1) is 30.5. The summed E-state index contributed by atoms with van der Waals surface area (Å²) in [5.74, 6) is -1.19. The van der Waals surface area contributed by atoms with Gasteiger partial charge in [-0.15, -0.1) is 0 Å². The second-order valence-electron chi connectivity index (χ2n) is 17.0. The molecule has 15 heteroatoms. The molecule has 4 unspecified atom stereocenters. The highest BCUT2D eigenvalue weighted by Gasteiger charge is 2.47. The van der Waals surface area contributed by atoms with Gasteiger partial charge in [0, 0.05) is 12.5 Å². The molecule has 0 aromatic carbocycles. The number of unbranched alkanes of at least 4 members (excludes halogenated alkanes) is 19. The van der Waals surface area contributed by atoms with Crippen LogP contribution >= 0.6 is 0 Å². The predicted octanol–water partition coefficient (Wildman–Crippen LogP) is 5.76. The maximum absolute atomic E-state index is 12.8. The minimum atomic E-state index is -1.78. The lowest BCUT2D eigenvalue weighted by molar-refractivity contribution is -0.332. The number of aliphatic hydroxyl groups is 7. The molecule has 0 aromatic heterocycles. The van der Waals surface area contributed by atoms with Crippen LogP contribution in [0.5, 0.6) is 0 Å². The minimum absolute atomic E-state index is 0.188. The highest BCUT2D eigenvalue weighted by Crippen LogP contribution is 2.26. The largest absolute Gasteiger partial charge is 0.462 e. The van der Waals surface area contributed by atoms with Gasteiger partial charge < -0.3 is 64.2 Å². The van der Waals surface area contributed by atoms with Crippen LogP contribution in [0.25, 0.3) is 0 Å². The summed E-state index contributed by atoms with van der Waals surface area (Å²) in [6, 6.07) is 0. The molecular weight excluding hydrogens is 817 g/mol. The van der Waals surface area contributed by atoms with Crippen molar-refractivity contribution in [1.82, 2.24) is 0 Å². The molecule has 2 fully saturated rings. The zero-order chi connectivity index (χ0) is 46.1. The van der Waals surface area contributed by atoms with Gasteiger partial charge >= 0.3 is 11.9 Å². The fraction of sp³-hybridized carbons (Fsp3) is 0.833. The highest BCUT2D eigenvalue weighted by molar-refractivity contribution is 5.82. The van der Waals surface area contributed by atoms with Crippen LogP contribution < -0.4 is 0 Å². The smallest absolute Gasteiger partial charge is 0.331 e. The Bertz CT molecular complexity index is 1240. The van der Waals surface area contributed by atoms with E-state index in [1.807, 2.05) is 6.08 Å². The Labute approximate surface area is 376 Å². The van der Waals surface area contributed by atoms with Gasteiger partial charge in [-0.25, -0.2) is 4.79 Å². The summed E-state index contributed by atoms with van der Waals surface area (Å²) in [6.45, 7) is 2.42. The number of hydrogen-bond donors (Lipinski definition) is 7. The maximum Gasteiger partial charge on any atom is 0.331 e. The molecule has 2 heterocycles. The molecule has 0 bridgehead atoms. The summed E-state index contributed by atoms with van der Waals surface area (Å²) in [5, 5.41) is 71.9. The fourth-order valence-corrected chi connectivity index (χ4v) is 7.41. The Morgan fingerprint density at radius 3 is 1.60 bits per heavy atom. The summed E-state index contributed by atoms with van der Waals surface area (Å²) in [7, 11) is 0. The molecule has 7 N–H and O–H groups in total. The molecule has 2 aliphatic rings. The molecule has 0 aliphatic carbocycles. The molecule has 0 saturated carbocycles. The SMILES string of the molecule is CCCCC/C=C/CCCCCCCC(=O)OC[C@H](CO[C@@H]1O[C@H](CO[C@@H]2O[C@H](CO)[C@H](O)C(O)C2O)[C@H](O)C(O)C1O)OC(=O)/C=C/C=C/CCCCCCCCCCCCC. The van der Waals surface area contributed by atoms with Crippen molar-refractivity contribution < 1.29 is 73.8 Å². The molecule has 15 nitrogen and oxygen atoms in total. The third-order valence-corrected chi connectivity index (χ3v) is 11.4. The lowest BCUT2D eigenvalue weighted by Crippen LogP contribution is -2.61. The van der Waals surface area contributed by atoms with Gasteiger partial charge in [0.2, 0.25) is 0 Å². The molecule has 0 aromatic rings. The number of carbonyl (C=O) groups excluding carboxylic acids is 2. The van der Waals surface area contributed by atoms with E-state index in [-0.39, 0.29) is 13.0 Å². The average molecular weight is 901 g/mol. The number of esters is 2. The van der Waals surface area contributed by atoms with Gasteiger partial charge in [0.1, 0.15) is 55.4 Å². The number of aliphatic hydroxyl groups excluding tert-OH is 7. The molecule has 2 aliphatic heterocycles. The molecule has 2 saturated heterocycles. The first-order valence-electron chi connectivity index (χ1n) is 24.1. The summed E-state index contributed by atoms with van der Waals surface area (Å²) in [4.78, 5) is 25.5. The van der Waals surface area contributed by atoms with Crippen molar-refractivity contribution in [3.05, 3.63) is 36.5 Å². The number of hydrogen-bond acceptors (Lipinski definition) is 15. The highest BCUT2D eigenvalue weighted by atomic mass is 16.7. The second kappa shape index (κ2) is 35.9. The van der Waals surface area contributed by atoms with Crippen LogP contribution in [0.15, 0.2) is 36.5 Å². The van der Waals surface area contributed by atoms with E-state index >= 15 is 0 Å². The van der Waals surface area contributed by atoms with Crippen molar-refractivity contribution in [2.75, 3.05) is 26.4 Å². The van der Waals surface area contributed by atoms with Gasteiger partial charge in [-0.05, 0) is 44.9 Å². The zero-order valence-corrected chi connectivity index (χ0v) is 38.3. The summed E-state index contributed by atoms with van der Waals surface area (Å²) < 4.78 is 33.3. The Kier molecular flexibility index (Phi) is 32.4. The molecule has 0 spiro atoms. The lowest BCUT2D eigenvalue weighted by Gasteiger charge is -2.42. The van der Waals surface area contributed by atoms with Crippen LogP contribution in [0.1, 0.15) is 162 Å². The van der Waals surface area contributed by atoms with Crippen molar-refractivity contribution in [2.45, 2.75) is 229 Å². The van der Waals surface area contributed by atoms with E-state index in [4.69, 9.17) is 28.4 Å². The van der Waals surface area contributed by atoms with E-state index in [0.717, 1.165) is 57.8 Å². The van der Waals surface area contributed by atoms with E-state index in [1.165, 1.54) is 83.1 Å². The molecule has 63 heavy (non-hydrogen) atoms. The fourth-order valence-electron chi connectivity index (χ4n) is 7.41. The zero-order valence-electron chi connectivity index (χ0n) is 38.3. The van der Waals surface area contributed by atoms with Gasteiger partial charge in [0.25, 0.3) is 0 Å². The van der Waals surface area contributed by atoms with Crippen LogP contribution in [-0.2, 0) is 38.0 Å². The average Bonchev–Trinajstić information content (AvgIpc) is 3.28. The minimum Gasteiger partial charge on any atom is -0.462 e. The molecule has 11 atom stereocenters. The second-order valence-corrected chi connectivity index (χ2v) is 17.0. The van der Waals surface area contributed by atoms with Crippen LogP contribution in [0.2, 0.25) is 0 Å². The van der Waals surface area contributed by atoms with Crippen LogP contribution in [0, 0.1) is 0 Å². The lowest BCUT2D eigenvalue weighted by atomic mass is 9.98. The number of rotatable bonds is 36. The van der Waals surface area contributed by atoms with Gasteiger partial charge in [-0.3, -0.25) is 4.79 Å². The van der Waals surface area contributed by atoms with Crippen molar-refractivity contribution in [3.8, 4) is 0 Å². The Morgan fingerprint density at radius 1 is 0.540 bits per heavy atom. The van der Waals surface area contributed by atoms with E-state index in [0.29, 0.717) is 6.42 Å². The van der Waals surface area contributed by atoms with Crippen LogP contribution in [0.4, 0.5) is 0 Å². The number of ether oxygens (including phenoxy) is 6. The first-order valence-corrected chi connectivity index (χ1v) is 24.1. The Hall–Kier alpha value is -2.28. The monoisotopic (exact) mass is 901 g/mol. The van der Waals surface area contributed by atoms with E-state index < -0.39 is 99.3 Å². The summed E-state index contributed by atoms with van der Waals surface area (Å²) in [5.41, 5.74) is 0. The van der Waals surface area contributed by atoms with Gasteiger partial charge in [-0.1, -0.05) is 141 Å². The molecule has 0 amide bonds. The first kappa shape index (κ1) is 56.8. The normalized spacial score (nSPS) is 27.1. The van der Waals surface area contributed by atoms with Gasteiger partial charge in [0.05, 0.1) is 19.8 Å². The number of carbonyl (C=O) groups is 2. The van der Waals surface area contributed by atoms with Crippen molar-refractivity contribution in [2.24, 2.45) is 0 Å². The molecular formula is C48H84O15. The van der Waals surface area contributed by atoms with Gasteiger partial charge in [-0.2, -0.15) is 0 Å². The Balaban J connectivity index is 1.88. The van der Waals surface area contributed by atoms with Crippen LogP contribution in [0.3, 0.4) is 0 Å². The topological polar surface area (TPSA) is 231 Å². The standard InChI is InChI=1S/C48H84O15/c1-3-5-7-9-11-13-15-17-18-19-21-23-25-27-29-31-40(51)61-36(33-58-39(50)30-28-26-24-22-20-16-14-12-10-8-6-4-2)34-59-47-46(57)44(55)42(53)38(63-47)35-60-48-45(56)43(54)41(52)37(32-49)62-48/h12,14,25,27,29,31,36-38,41-49,52-57H,3-11,13,15-24,26,28,30,32-35H2,1-2H3/b14-12+,27-25+,31-29+/t36-,37-,38-,41+,42+,43?,44?,45?,46?,47-,48-/m1/s1. The van der Waals surface area contributed by atoms with E-state index in [9.17, 15) is 45.3 Å². The third kappa shape index (κ3) is 24.7. The maximum atomic E-state index is 12.8. The van der Waals surface area contributed by atoms with Crippen molar-refractivity contribution in [1.29, 1.82) is 0 Å². The molecule has 0 radical (unpaired) electrons. The Morgan fingerprint density at radius 2 is 1.02 bits per heavy atom. The van der Waals surface area contributed by atoms with E-state index in [2.05, 4.69) is 26.0 Å². The summed E-state index contributed by atoms with van der Waals surface area (Å²) in [6.07, 6.45) is 19.6. The van der Waals surface area contributed by atoms with Gasteiger partial charge in [0.15, 0.2) is 18.7 Å². The van der Waals surface area contributed by atoms with E-state index in [1.54, 1.807) is 12.2 Å². The quantitative estimate of drug-likeness (QED) is 0.0130. The van der Waals surface area contributed by atoms with Crippen molar-refractivity contribution >= 4 is 11.9 Å².